The number of aryl methyl sites for hydroxylation is 1. The fourth-order valence-electron chi connectivity index (χ4n) is 3.13. The average molecular weight is 290 g/mol. The first-order chi connectivity index (χ1) is 9.97. The van der Waals surface area contributed by atoms with Crippen LogP contribution < -0.4 is 10.6 Å². The lowest BCUT2D eigenvalue weighted by atomic mass is 9.73. The van der Waals surface area contributed by atoms with E-state index in [1.54, 1.807) is 0 Å². The fraction of sp³-hybridized carbons (Fsp3) is 0.765. The number of rotatable bonds is 5. The summed E-state index contributed by atoms with van der Waals surface area (Å²) in [4.78, 5) is 9.34. The van der Waals surface area contributed by atoms with Gasteiger partial charge in [-0.25, -0.2) is 9.97 Å². The Bertz CT molecular complexity index is 482. The lowest BCUT2D eigenvalue weighted by molar-refractivity contribution is 0.216. The van der Waals surface area contributed by atoms with Crippen molar-refractivity contribution in [3.63, 3.8) is 0 Å². The van der Waals surface area contributed by atoms with Gasteiger partial charge in [0.25, 0.3) is 0 Å². The van der Waals surface area contributed by atoms with Gasteiger partial charge in [-0.1, -0.05) is 33.6 Å². The van der Waals surface area contributed by atoms with Crippen LogP contribution in [0.25, 0.3) is 0 Å². The second kappa shape index (κ2) is 6.63. The van der Waals surface area contributed by atoms with Gasteiger partial charge in [0.05, 0.1) is 0 Å². The van der Waals surface area contributed by atoms with Gasteiger partial charge in [0.1, 0.15) is 17.5 Å². The Labute approximate surface area is 129 Å². The molecule has 0 radical (unpaired) electrons. The van der Waals surface area contributed by atoms with Gasteiger partial charge >= 0.3 is 0 Å². The maximum atomic E-state index is 4.73. The standard InChI is InChI=1S/C17H30N4/c1-6-14-20-15(18-7-2)12(3)16(21-14)19-13-10-8-9-11-17(13,4)5/h13H,6-11H2,1-5H3,(H2,18,19,20,21). The molecule has 2 N–H and O–H groups in total. The number of nitrogens with one attached hydrogen (secondary N) is 2. The van der Waals surface area contributed by atoms with Crippen molar-refractivity contribution < 1.29 is 0 Å². The van der Waals surface area contributed by atoms with E-state index in [9.17, 15) is 0 Å². The van der Waals surface area contributed by atoms with E-state index in [1.165, 1.54) is 25.7 Å². The summed E-state index contributed by atoms with van der Waals surface area (Å²) in [6.45, 7) is 11.9. The minimum Gasteiger partial charge on any atom is -0.370 e. The summed E-state index contributed by atoms with van der Waals surface area (Å²) in [6.07, 6.45) is 6.04. The summed E-state index contributed by atoms with van der Waals surface area (Å²) >= 11 is 0. The first kappa shape index (κ1) is 16.1. The summed E-state index contributed by atoms with van der Waals surface area (Å²) in [5, 5.41) is 7.08. The van der Waals surface area contributed by atoms with Crippen molar-refractivity contribution in [2.75, 3.05) is 17.2 Å². The Hall–Kier alpha value is -1.32. The lowest BCUT2D eigenvalue weighted by Crippen LogP contribution is -2.39. The Morgan fingerprint density at radius 2 is 1.86 bits per heavy atom. The largest absolute Gasteiger partial charge is 0.370 e. The van der Waals surface area contributed by atoms with Crippen molar-refractivity contribution in [2.45, 2.75) is 72.8 Å². The highest BCUT2D eigenvalue weighted by molar-refractivity contribution is 5.57. The van der Waals surface area contributed by atoms with E-state index in [1.807, 2.05) is 0 Å². The molecule has 0 aromatic carbocycles. The highest BCUT2D eigenvalue weighted by Gasteiger charge is 2.32. The number of hydrogen-bond acceptors (Lipinski definition) is 4. The van der Waals surface area contributed by atoms with Gasteiger partial charge < -0.3 is 10.6 Å². The van der Waals surface area contributed by atoms with Gasteiger partial charge in [0.2, 0.25) is 0 Å². The van der Waals surface area contributed by atoms with E-state index in [4.69, 9.17) is 4.98 Å². The Morgan fingerprint density at radius 1 is 1.14 bits per heavy atom. The van der Waals surface area contributed by atoms with Crippen LogP contribution in [0, 0.1) is 12.3 Å². The molecule has 1 aliphatic rings. The quantitative estimate of drug-likeness (QED) is 0.855. The normalized spacial score (nSPS) is 21.1. The van der Waals surface area contributed by atoms with E-state index in [2.05, 4.69) is 50.2 Å². The molecule has 2 rings (SSSR count). The van der Waals surface area contributed by atoms with Crippen molar-refractivity contribution in [3.05, 3.63) is 11.4 Å². The van der Waals surface area contributed by atoms with Gasteiger partial charge in [-0.15, -0.1) is 0 Å². The summed E-state index contributed by atoms with van der Waals surface area (Å²) < 4.78 is 0. The SMILES string of the molecule is CCNc1nc(CC)nc(NC2CCCCC2(C)C)c1C. The molecule has 21 heavy (non-hydrogen) atoms. The van der Waals surface area contributed by atoms with Crippen molar-refractivity contribution in [1.29, 1.82) is 0 Å². The first-order valence-corrected chi connectivity index (χ1v) is 8.35. The Balaban J connectivity index is 2.27. The first-order valence-electron chi connectivity index (χ1n) is 8.35. The summed E-state index contributed by atoms with van der Waals surface area (Å²) in [5.74, 6) is 2.89. The number of hydrogen-bond donors (Lipinski definition) is 2. The molecule has 1 aliphatic carbocycles. The minimum atomic E-state index is 0.334. The van der Waals surface area contributed by atoms with Crippen LogP contribution in [0.4, 0.5) is 11.6 Å². The van der Waals surface area contributed by atoms with Gasteiger partial charge in [0, 0.05) is 24.6 Å². The molecule has 1 atom stereocenters. The molecule has 1 unspecified atom stereocenters. The zero-order valence-corrected chi connectivity index (χ0v) is 14.2. The second-order valence-corrected chi connectivity index (χ2v) is 6.78. The monoisotopic (exact) mass is 290 g/mol. The summed E-state index contributed by atoms with van der Waals surface area (Å²) in [7, 11) is 0. The fourth-order valence-corrected chi connectivity index (χ4v) is 3.13. The predicted octanol–water partition coefficient (Wildman–Crippen LogP) is 4.16. The minimum absolute atomic E-state index is 0.334. The van der Waals surface area contributed by atoms with E-state index < -0.39 is 0 Å². The van der Waals surface area contributed by atoms with Gasteiger partial charge in [0.15, 0.2) is 0 Å². The highest BCUT2D eigenvalue weighted by Crippen LogP contribution is 2.37. The van der Waals surface area contributed by atoms with Crippen LogP contribution in [0.1, 0.15) is 64.8 Å². The molecule has 1 aromatic heterocycles. The highest BCUT2D eigenvalue weighted by atomic mass is 15.1. The topological polar surface area (TPSA) is 49.8 Å². The predicted molar refractivity (Wildman–Crippen MR) is 90.0 cm³/mol. The molecule has 0 saturated heterocycles. The lowest BCUT2D eigenvalue weighted by Gasteiger charge is -2.39. The van der Waals surface area contributed by atoms with Crippen LogP contribution >= 0.6 is 0 Å². The molecule has 4 heteroatoms. The third-order valence-electron chi connectivity index (χ3n) is 4.67. The van der Waals surface area contributed by atoms with Gasteiger partial charge in [-0.05, 0) is 32.1 Å². The molecule has 1 heterocycles. The van der Waals surface area contributed by atoms with Crippen LogP contribution in [0.15, 0.2) is 0 Å². The molecule has 0 aliphatic heterocycles. The second-order valence-electron chi connectivity index (χ2n) is 6.78. The number of aromatic nitrogens is 2. The van der Waals surface area contributed by atoms with Crippen LogP contribution in [-0.4, -0.2) is 22.6 Å². The summed E-state index contributed by atoms with van der Waals surface area (Å²) in [6, 6.07) is 0.499. The van der Waals surface area contributed by atoms with Crippen molar-refractivity contribution in [2.24, 2.45) is 5.41 Å². The van der Waals surface area contributed by atoms with Crippen LogP contribution in [0.5, 0.6) is 0 Å². The molecular weight excluding hydrogens is 260 g/mol. The van der Waals surface area contributed by atoms with Gasteiger partial charge in [-0.3, -0.25) is 0 Å². The van der Waals surface area contributed by atoms with Crippen LogP contribution in [0.3, 0.4) is 0 Å². The van der Waals surface area contributed by atoms with Crippen molar-refractivity contribution in [1.82, 2.24) is 9.97 Å². The smallest absolute Gasteiger partial charge is 0.135 e. The van der Waals surface area contributed by atoms with E-state index in [0.29, 0.717) is 11.5 Å². The Kier molecular flexibility index (Phi) is 5.07. The maximum Gasteiger partial charge on any atom is 0.135 e. The molecule has 4 nitrogen and oxygen atoms in total. The van der Waals surface area contributed by atoms with Crippen molar-refractivity contribution in [3.8, 4) is 0 Å². The van der Waals surface area contributed by atoms with Gasteiger partial charge in [-0.2, -0.15) is 0 Å². The average Bonchev–Trinajstić information content (AvgIpc) is 2.45. The van der Waals surface area contributed by atoms with Crippen LogP contribution in [-0.2, 0) is 6.42 Å². The molecule has 1 aromatic rings. The zero-order chi connectivity index (χ0) is 15.5. The van der Waals surface area contributed by atoms with E-state index in [-0.39, 0.29) is 0 Å². The van der Waals surface area contributed by atoms with Crippen LogP contribution in [0.2, 0.25) is 0 Å². The molecule has 1 fully saturated rings. The molecule has 118 valence electrons. The number of anilines is 2. The molecule has 0 bridgehead atoms. The molecule has 0 spiro atoms. The summed E-state index contributed by atoms with van der Waals surface area (Å²) in [5.41, 5.74) is 1.47. The van der Waals surface area contributed by atoms with E-state index in [0.717, 1.165) is 36.0 Å². The zero-order valence-electron chi connectivity index (χ0n) is 14.2. The molecule has 0 amide bonds. The third kappa shape index (κ3) is 3.66. The Morgan fingerprint density at radius 3 is 2.48 bits per heavy atom. The van der Waals surface area contributed by atoms with E-state index >= 15 is 0 Å². The maximum absolute atomic E-state index is 4.73. The molecule has 1 saturated carbocycles. The number of nitrogens with zero attached hydrogens (tertiary/aromatic N) is 2. The molecular formula is C17H30N4. The van der Waals surface area contributed by atoms with Crippen molar-refractivity contribution >= 4 is 11.6 Å². The third-order valence-corrected chi connectivity index (χ3v) is 4.67.